The molecule has 2 saturated heterocycles. The average Bonchev–Trinajstić information content (AvgIpc) is 3.31. The highest BCUT2D eigenvalue weighted by Gasteiger charge is 2.33. The highest BCUT2D eigenvalue weighted by Crippen LogP contribution is 2.20. The van der Waals surface area contributed by atoms with Crippen molar-refractivity contribution in [1.82, 2.24) is 15.5 Å². The first-order chi connectivity index (χ1) is 11.7. The van der Waals surface area contributed by atoms with Crippen LogP contribution < -0.4 is 10.6 Å². The third-order valence-corrected chi connectivity index (χ3v) is 5.36. The molecule has 0 unspecified atom stereocenters. The second-order valence-corrected chi connectivity index (χ2v) is 7.18. The van der Waals surface area contributed by atoms with Gasteiger partial charge in [0.1, 0.15) is 0 Å². The van der Waals surface area contributed by atoms with E-state index in [1.807, 2.05) is 11.0 Å². The van der Waals surface area contributed by atoms with Gasteiger partial charge in [-0.15, -0.1) is 11.8 Å². The average molecular weight is 344 g/mol. The van der Waals surface area contributed by atoms with E-state index < -0.39 is 0 Å². The van der Waals surface area contributed by atoms with Crippen LogP contribution in [0.25, 0.3) is 0 Å². The predicted octanol–water partition coefficient (Wildman–Crippen LogP) is 0.799. The molecule has 2 N–H and O–H groups in total. The SMILES string of the molecule is N#Cc1cccc(C(=O)NC[C@@H]2CN[C@H](C(=O)N3CCSC3)C2)c1. The van der Waals surface area contributed by atoms with Crippen molar-refractivity contribution in [3.63, 3.8) is 0 Å². The summed E-state index contributed by atoms with van der Waals surface area (Å²) in [7, 11) is 0. The maximum atomic E-state index is 12.4. The van der Waals surface area contributed by atoms with Gasteiger partial charge in [0.15, 0.2) is 0 Å². The van der Waals surface area contributed by atoms with Crippen LogP contribution in [0.5, 0.6) is 0 Å². The second-order valence-electron chi connectivity index (χ2n) is 6.10. The molecule has 2 aliphatic heterocycles. The van der Waals surface area contributed by atoms with E-state index in [2.05, 4.69) is 10.6 Å². The summed E-state index contributed by atoms with van der Waals surface area (Å²) in [5, 5.41) is 15.1. The van der Waals surface area contributed by atoms with Crippen LogP contribution in [0.2, 0.25) is 0 Å². The zero-order valence-corrected chi connectivity index (χ0v) is 14.1. The van der Waals surface area contributed by atoms with Crippen LogP contribution in [0.1, 0.15) is 22.3 Å². The molecule has 0 aromatic heterocycles. The monoisotopic (exact) mass is 344 g/mol. The van der Waals surface area contributed by atoms with Crippen molar-refractivity contribution in [2.75, 3.05) is 31.3 Å². The summed E-state index contributed by atoms with van der Waals surface area (Å²) >= 11 is 1.78. The van der Waals surface area contributed by atoms with E-state index >= 15 is 0 Å². The summed E-state index contributed by atoms with van der Waals surface area (Å²) in [6, 6.07) is 8.55. The summed E-state index contributed by atoms with van der Waals surface area (Å²) in [4.78, 5) is 26.4. The second kappa shape index (κ2) is 7.69. The van der Waals surface area contributed by atoms with Gasteiger partial charge in [-0.3, -0.25) is 9.59 Å². The lowest BCUT2D eigenvalue weighted by Gasteiger charge is -2.19. The van der Waals surface area contributed by atoms with Gasteiger partial charge >= 0.3 is 0 Å². The first-order valence-corrected chi connectivity index (χ1v) is 9.21. The lowest BCUT2D eigenvalue weighted by Crippen LogP contribution is -2.42. The third-order valence-electron chi connectivity index (χ3n) is 4.39. The van der Waals surface area contributed by atoms with Crippen LogP contribution in [0.15, 0.2) is 24.3 Å². The van der Waals surface area contributed by atoms with Crippen molar-refractivity contribution >= 4 is 23.6 Å². The number of nitrogens with zero attached hydrogens (tertiary/aromatic N) is 2. The molecule has 3 rings (SSSR count). The summed E-state index contributed by atoms with van der Waals surface area (Å²) in [5.74, 6) is 2.04. The van der Waals surface area contributed by atoms with Crippen molar-refractivity contribution in [1.29, 1.82) is 5.26 Å². The summed E-state index contributed by atoms with van der Waals surface area (Å²) in [5.41, 5.74) is 0.959. The maximum Gasteiger partial charge on any atom is 0.251 e. The minimum atomic E-state index is -0.183. The number of benzene rings is 1. The Balaban J connectivity index is 1.48. The molecule has 2 aliphatic rings. The number of hydrogen-bond donors (Lipinski definition) is 2. The number of thioether (sulfide) groups is 1. The molecule has 7 heteroatoms. The number of hydrogen-bond acceptors (Lipinski definition) is 5. The molecule has 2 heterocycles. The van der Waals surface area contributed by atoms with E-state index in [-0.39, 0.29) is 23.8 Å². The molecule has 2 amide bonds. The molecule has 0 spiro atoms. The van der Waals surface area contributed by atoms with Crippen LogP contribution in [0.3, 0.4) is 0 Å². The lowest BCUT2D eigenvalue weighted by molar-refractivity contribution is -0.131. The van der Waals surface area contributed by atoms with Gasteiger partial charge in [-0.25, -0.2) is 0 Å². The largest absolute Gasteiger partial charge is 0.352 e. The van der Waals surface area contributed by atoms with E-state index in [0.717, 1.165) is 31.1 Å². The molecule has 2 atom stereocenters. The number of carbonyl (C=O) groups excluding carboxylic acids is 2. The standard InChI is InChI=1S/C17H20N4O2S/c18-8-12-2-1-3-14(6-12)16(22)20-10-13-7-15(19-9-13)17(23)21-4-5-24-11-21/h1-3,6,13,15,19H,4-5,7,9-11H2,(H,20,22)/t13-,15-/m0/s1. The van der Waals surface area contributed by atoms with E-state index in [9.17, 15) is 9.59 Å². The lowest BCUT2D eigenvalue weighted by atomic mass is 10.0. The van der Waals surface area contributed by atoms with Crippen molar-refractivity contribution in [2.45, 2.75) is 12.5 Å². The molecule has 2 fully saturated rings. The van der Waals surface area contributed by atoms with Gasteiger partial charge in [-0.1, -0.05) is 6.07 Å². The number of nitrogens with one attached hydrogen (secondary N) is 2. The molecule has 0 aliphatic carbocycles. The molecule has 1 aromatic carbocycles. The Morgan fingerprint density at radius 1 is 1.46 bits per heavy atom. The molecule has 24 heavy (non-hydrogen) atoms. The number of carbonyl (C=O) groups is 2. The molecular formula is C17H20N4O2S. The molecular weight excluding hydrogens is 324 g/mol. The Hall–Kier alpha value is -2.04. The van der Waals surface area contributed by atoms with Gasteiger partial charge in [0.2, 0.25) is 5.91 Å². The highest BCUT2D eigenvalue weighted by atomic mass is 32.2. The predicted molar refractivity (Wildman–Crippen MR) is 92.4 cm³/mol. The fourth-order valence-corrected chi connectivity index (χ4v) is 3.99. The van der Waals surface area contributed by atoms with E-state index in [4.69, 9.17) is 5.26 Å². The first-order valence-electron chi connectivity index (χ1n) is 8.05. The maximum absolute atomic E-state index is 12.4. The van der Waals surface area contributed by atoms with Crippen LogP contribution in [0.4, 0.5) is 0 Å². The Morgan fingerprint density at radius 2 is 2.33 bits per heavy atom. The number of rotatable bonds is 4. The minimum absolute atomic E-state index is 0.132. The van der Waals surface area contributed by atoms with Gasteiger partial charge in [0.05, 0.1) is 23.6 Å². The smallest absolute Gasteiger partial charge is 0.251 e. The first kappa shape index (κ1) is 16.8. The van der Waals surface area contributed by atoms with Crippen LogP contribution in [0, 0.1) is 17.2 Å². The van der Waals surface area contributed by atoms with Crippen molar-refractivity contribution in [3.8, 4) is 6.07 Å². The zero-order valence-electron chi connectivity index (χ0n) is 13.3. The summed E-state index contributed by atoms with van der Waals surface area (Å²) < 4.78 is 0. The van der Waals surface area contributed by atoms with Crippen LogP contribution >= 0.6 is 11.8 Å². The Bertz CT molecular complexity index is 667. The molecule has 126 valence electrons. The van der Waals surface area contributed by atoms with Gasteiger partial charge < -0.3 is 15.5 Å². The molecule has 1 aromatic rings. The van der Waals surface area contributed by atoms with E-state index in [1.165, 1.54) is 0 Å². The highest BCUT2D eigenvalue weighted by molar-refractivity contribution is 7.99. The fourth-order valence-electron chi connectivity index (χ4n) is 3.03. The van der Waals surface area contributed by atoms with Crippen molar-refractivity contribution in [3.05, 3.63) is 35.4 Å². The van der Waals surface area contributed by atoms with Crippen LogP contribution in [-0.2, 0) is 4.79 Å². The van der Waals surface area contributed by atoms with Gasteiger partial charge in [-0.05, 0) is 30.5 Å². The van der Waals surface area contributed by atoms with Gasteiger partial charge in [0.25, 0.3) is 5.91 Å². The van der Waals surface area contributed by atoms with Crippen molar-refractivity contribution < 1.29 is 9.59 Å². The van der Waals surface area contributed by atoms with E-state index in [0.29, 0.717) is 17.7 Å². The van der Waals surface area contributed by atoms with E-state index in [1.54, 1.807) is 36.0 Å². The fraction of sp³-hybridized carbons (Fsp3) is 0.471. The summed E-state index contributed by atoms with van der Waals surface area (Å²) in [6.07, 6.45) is 0.749. The van der Waals surface area contributed by atoms with Crippen molar-refractivity contribution in [2.24, 2.45) is 5.92 Å². The molecule has 6 nitrogen and oxygen atoms in total. The van der Waals surface area contributed by atoms with Gasteiger partial charge in [0, 0.05) is 31.0 Å². The normalized spacial score (nSPS) is 23.0. The quantitative estimate of drug-likeness (QED) is 0.844. The molecule has 0 saturated carbocycles. The number of amides is 2. The summed E-state index contributed by atoms with van der Waals surface area (Å²) in [6.45, 7) is 2.09. The third kappa shape index (κ3) is 3.89. The Labute approximate surface area is 145 Å². The molecule has 0 bridgehead atoms. The van der Waals surface area contributed by atoms with Gasteiger partial charge in [-0.2, -0.15) is 5.26 Å². The minimum Gasteiger partial charge on any atom is -0.352 e. The zero-order chi connectivity index (χ0) is 16.9. The topological polar surface area (TPSA) is 85.2 Å². The number of nitriles is 1. The molecule has 0 radical (unpaired) electrons. The van der Waals surface area contributed by atoms with Crippen LogP contribution in [-0.4, -0.2) is 54.0 Å². The Morgan fingerprint density at radius 3 is 3.08 bits per heavy atom. The Kier molecular flexibility index (Phi) is 5.38.